The van der Waals surface area contributed by atoms with Crippen molar-refractivity contribution < 1.29 is 9.59 Å². The van der Waals surface area contributed by atoms with E-state index in [2.05, 4.69) is 28.5 Å². The van der Waals surface area contributed by atoms with Crippen LogP contribution in [0.15, 0.2) is 54.9 Å². The SMILES string of the molecule is N#Cc1c(NC(=O)[C@H]2C[C@H]2c2ccccc2)sc2c1CCN(C(=O)CCc1cccnc1)C2. The van der Waals surface area contributed by atoms with Gasteiger partial charge in [-0.15, -0.1) is 11.3 Å². The number of nitriles is 1. The standard InChI is InChI=1S/C26H24N4O2S/c27-14-22-19-10-12-30(24(31)9-8-17-5-4-11-28-15-17)16-23(19)33-26(22)29-25(32)21-13-20(21)18-6-2-1-3-7-18/h1-7,11,15,20-21H,8-10,12-13,16H2,(H,29,32)/t20-,21-/m0/s1. The van der Waals surface area contributed by atoms with Gasteiger partial charge in [0.25, 0.3) is 0 Å². The predicted molar refractivity (Wildman–Crippen MR) is 127 cm³/mol. The van der Waals surface area contributed by atoms with Crippen LogP contribution in [0.25, 0.3) is 0 Å². The van der Waals surface area contributed by atoms with E-state index >= 15 is 0 Å². The fourth-order valence-corrected chi connectivity index (χ4v) is 5.75. The van der Waals surface area contributed by atoms with E-state index in [4.69, 9.17) is 0 Å². The highest BCUT2D eigenvalue weighted by atomic mass is 32.1. The zero-order chi connectivity index (χ0) is 22.8. The summed E-state index contributed by atoms with van der Waals surface area (Å²) in [5.41, 5.74) is 3.77. The summed E-state index contributed by atoms with van der Waals surface area (Å²) in [4.78, 5) is 32.6. The lowest BCUT2D eigenvalue weighted by atomic mass is 10.0. The number of fused-ring (bicyclic) bond motifs is 1. The Kier molecular flexibility index (Phi) is 5.93. The molecular formula is C26H24N4O2S. The molecule has 1 aromatic carbocycles. The number of pyridine rings is 1. The van der Waals surface area contributed by atoms with Gasteiger partial charge in [0.1, 0.15) is 11.1 Å². The van der Waals surface area contributed by atoms with Gasteiger partial charge in [0.2, 0.25) is 11.8 Å². The number of nitrogens with zero attached hydrogens (tertiary/aromatic N) is 3. The first-order valence-electron chi connectivity index (χ1n) is 11.2. The maximum Gasteiger partial charge on any atom is 0.228 e. The van der Waals surface area contributed by atoms with Crippen molar-refractivity contribution in [1.82, 2.24) is 9.88 Å². The average molecular weight is 457 g/mol. The smallest absolute Gasteiger partial charge is 0.228 e. The van der Waals surface area contributed by atoms with Crippen LogP contribution in [0.2, 0.25) is 0 Å². The molecule has 1 saturated carbocycles. The minimum absolute atomic E-state index is 0.0247. The molecule has 0 radical (unpaired) electrons. The van der Waals surface area contributed by atoms with E-state index in [1.807, 2.05) is 35.2 Å². The van der Waals surface area contributed by atoms with Crippen molar-refractivity contribution in [2.75, 3.05) is 11.9 Å². The second-order valence-corrected chi connectivity index (χ2v) is 9.70. The Morgan fingerprint density at radius 1 is 1.21 bits per heavy atom. The van der Waals surface area contributed by atoms with Crippen LogP contribution in [0.1, 0.15) is 45.9 Å². The fraction of sp³-hybridized carbons (Fsp3) is 0.308. The van der Waals surface area contributed by atoms with Crippen LogP contribution >= 0.6 is 11.3 Å². The largest absolute Gasteiger partial charge is 0.337 e. The summed E-state index contributed by atoms with van der Waals surface area (Å²) in [6.07, 6.45) is 6.08. The molecule has 3 aromatic rings. The first-order valence-corrected chi connectivity index (χ1v) is 12.0. The minimum atomic E-state index is -0.0522. The molecule has 2 aromatic heterocycles. The van der Waals surface area contributed by atoms with Gasteiger partial charge in [-0.25, -0.2) is 0 Å². The number of amides is 2. The number of benzene rings is 1. The zero-order valence-electron chi connectivity index (χ0n) is 18.2. The third-order valence-corrected chi connectivity index (χ3v) is 7.60. The Hall–Kier alpha value is -3.50. The number of carbonyl (C=O) groups is 2. The van der Waals surface area contributed by atoms with Crippen LogP contribution in [0, 0.1) is 17.2 Å². The summed E-state index contributed by atoms with van der Waals surface area (Å²) in [6.45, 7) is 1.09. The molecule has 2 aliphatic rings. The molecule has 5 rings (SSSR count). The molecule has 0 saturated heterocycles. The van der Waals surface area contributed by atoms with E-state index in [9.17, 15) is 14.9 Å². The molecule has 6 nitrogen and oxygen atoms in total. The molecule has 0 unspecified atom stereocenters. The Labute approximate surface area is 196 Å². The molecule has 2 atom stereocenters. The van der Waals surface area contributed by atoms with Gasteiger partial charge in [-0.1, -0.05) is 36.4 Å². The fourth-order valence-electron chi connectivity index (χ4n) is 4.54. The molecule has 1 fully saturated rings. The number of hydrogen-bond acceptors (Lipinski definition) is 5. The van der Waals surface area contributed by atoms with Gasteiger partial charge in [0.15, 0.2) is 0 Å². The number of thiophene rings is 1. The highest BCUT2D eigenvalue weighted by Gasteiger charge is 2.44. The van der Waals surface area contributed by atoms with Gasteiger partial charge in [0.05, 0.1) is 12.1 Å². The highest BCUT2D eigenvalue weighted by molar-refractivity contribution is 7.16. The van der Waals surface area contributed by atoms with Crippen LogP contribution in [0.4, 0.5) is 5.00 Å². The predicted octanol–water partition coefficient (Wildman–Crippen LogP) is 4.27. The van der Waals surface area contributed by atoms with E-state index in [-0.39, 0.29) is 23.7 Å². The van der Waals surface area contributed by atoms with E-state index in [1.54, 1.807) is 12.4 Å². The summed E-state index contributed by atoms with van der Waals surface area (Å²) in [7, 11) is 0. The molecule has 0 bridgehead atoms. The van der Waals surface area contributed by atoms with Crippen molar-refractivity contribution in [2.45, 2.75) is 38.1 Å². The number of aryl methyl sites for hydroxylation is 1. The Bertz CT molecular complexity index is 1220. The molecule has 2 amide bonds. The summed E-state index contributed by atoms with van der Waals surface area (Å²) in [5, 5.41) is 13.4. The lowest BCUT2D eigenvalue weighted by Gasteiger charge is -2.27. The molecule has 33 heavy (non-hydrogen) atoms. The number of aromatic nitrogens is 1. The number of anilines is 1. The molecule has 7 heteroatoms. The van der Waals surface area contributed by atoms with Crippen molar-refractivity contribution in [1.29, 1.82) is 5.26 Å². The number of hydrogen-bond donors (Lipinski definition) is 1. The minimum Gasteiger partial charge on any atom is -0.337 e. The van der Waals surface area contributed by atoms with Gasteiger partial charge in [-0.05, 0) is 47.9 Å². The van der Waals surface area contributed by atoms with E-state index < -0.39 is 0 Å². The Morgan fingerprint density at radius 3 is 2.82 bits per heavy atom. The van der Waals surface area contributed by atoms with Crippen molar-refractivity contribution >= 4 is 28.2 Å². The Balaban J connectivity index is 1.23. The molecule has 1 aliphatic heterocycles. The maximum absolute atomic E-state index is 12.8. The van der Waals surface area contributed by atoms with Gasteiger partial charge in [0, 0.05) is 36.2 Å². The van der Waals surface area contributed by atoms with E-state index in [0.29, 0.717) is 42.9 Å². The van der Waals surface area contributed by atoms with Crippen molar-refractivity contribution in [3.63, 3.8) is 0 Å². The quantitative estimate of drug-likeness (QED) is 0.600. The summed E-state index contributed by atoms with van der Waals surface area (Å²) in [5.74, 6) is 0.275. The molecule has 1 aliphatic carbocycles. The van der Waals surface area contributed by atoms with Gasteiger partial charge >= 0.3 is 0 Å². The third kappa shape index (κ3) is 4.53. The second-order valence-electron chi connectivity index (χ2n) is 8.59. The molecular weight excluding hydrogens is 432 g/mol. The van der Waals surface area contributed by atoms with Crippen LogP contribution in [0.3, 0.4) is 0 Å². The topological polar surface area (TPSA) is 86.1 Å². The first kappa shape index (κ1) is 21.4. The van der Waals surface area contributed by atoms with Crippen LogP contribution in [0.5, 0.6) is 0 Å². The van der Waals surface area contributed by atoms with Crippen LogP contribution in [-0.4, -0.2) is 28.2 Å². The van der Waals surface area contributed by atoms with Gasteiger partial charge in [-0.2, -0.15) is 5.26 Å². The molecule has 3 heterocycles. The molecule has 1 N–H and O–H groups in total. The number of carbonyl (C=O) groups excluding carboxylic acids is 2. The molecule has 166 valence electrons. The highest BCUT2D eigenvalue weighted by Crippen LogP contribution is 2.48. The summed E-state index contributed by atoms with van der Waals surface area (Å²) < 4.78 is 0. The van der Waals surface area contributed by atoms with Crippen LogP contribution < -0.4 is 5.32 Å². The Morgan fingerprint density at radius 2 is 2.06 bits per heavy atom. The van der Waals surface area contributed by atoms with Gasteiger partial charge in [-0.3, -0.25) is 14.6 Å². The second kappa shape index (κ2) is 9.16. The third-order valence-electron chi connectivity index (χ3n) is 6.46. The van der Waals surface area contributed by atoms with Crippen LogP contribution in [-0.2, 0) is 29.0 Å². The first-order chi connectivity index (χ1) is 16.1. The average Bonchev–Trinajstić information content (AvgIpc) is 3.59. The zero-order valence-corrected chi connectivity index (χ0v) is 19.0. The summed E-state index contributed by atoms with van der Waals surface area (Å²) >= 11 is 1.43. The van der Waals surface area contributed by atoms with E-state index in [1.165, 1.54) is 16.9 Å². The summed E-state index contributed by atoms with van der Waals surface area (Å²) in [6, 6.07) is 16.2. The lowest BCUT2D eigenvalue weighted by molar-refractivity contribution is -0.132. The van der Waals surface area contributed by atoms with E-state index in [0.717, 1.165) is 22.4 Å². The number of nitrogens with one attached hydrogen (secondary N) is 1. The normalized spacial score (nSPS) is 18.8. The monoisotopic (exact) mass is 456 g/mol. The molecule has 0 spiro atoms. The lowest BCUT2D eigenvalue weighted by Crippen LogP contribution is -2.35. The maximum atomic E-state index is 12.8. The number of rotatable bonds is 6. The van der Waals surface area contributed by atoms with Crippen molar-refractivity contribution in [3.05, 3.63) is 82.0 Å². The van der Waals surface area contributed by atoms with Crippen molar-refractivity contribution in [3.8, 4) is 6.07 Å². The van der Waals surface area contributed by atoms with Crippen molar-refractivity contribution in [2.24, 2.45) is 5.92 Å². The van der Waals surface area contributed by atoms with Gasteiger partial charge < -0.3 is 10.2 Å².